The van der Waals surface area contributed by atoms with Crippen molar-refractivity contribution in [3.8, 4) is 0 Å². The van der Waals surface area contributed by atoms with Gasteiger partial charge in [0, 0.05) is 12.3 Å². The lowest BCUT2D eigenvalue weighted by Crippen LogP contribution is -2.45. The zero-order valence-electron chi connectivity index (χ0n) is 12.5. The highest BCUT2D eigenvalue weighted by atomic mass is 16.5. The van der Waals surface area contributed by atoms with Crippen molar-refractivity contribution in [2.75, 3.05) is 11.9 Å². The quantitative estimate of drug-likeness (QED) is 0.832. The van der Waals surface area contributed by atoms with Crippen molar-refractivity contribution in [2.45, 2.75) is 45.3 Å². The number of hydrogen-bond acceptors (Lipinski definition) is 3. The Balaban J connectivity index is 1.91. The third-order valence-corrected chi connectivity index (χ3v) is 3.73. The summed E-state index contributed by atoms with van der Waals surface area (Å²) < 4.78 is 5.50. The van der Waals surface area contributed by atoms with Crippen LogP contribution >= 0.6 is 0 Å². The number of benzene rings is 1. The Kier molecular flexibility index (Phi) is 5.33. The van der Waals surface area contributed by atoms with Gasteiger partial charge in [-0.05, 0) is 37.8 Å². The molecule has 0 saturated carbocycles. The van der Waals surface area contributed by atoms with Gasteiger partial charge in [0.25, 0.3) is 0 Å². The molecule has 0 bridgehead atoms. The summed E-state index contributed by atoms with van der Waals surface area (Å²) >= 11 is 0. The first kappa shape index (κ1) is 15.5. The Morgan fingerprint density at radius 2 is 2.10 bits per heavy atom. The number of hydrogen-bond donors (Lipinski definition) is 2. The molecule has 1 aromatic rings. The SMILES string of the molecule is CCc1ccccc1NC(=O)C(=O)NC(C)C1CCCO1. The summed E-state index contributed by atoms with van der Waals surface area (Å²) in [7, 11) is 0. The smallest absolute Gasteiger partial charge is 0.313 e. The molecule has 1 aliphatic rings. The Morgan fingerprint density at radius 3 is 2.76 bits per heavy atom. The highest BCUT2D eigenvalue weighted by molar-refractivity contribution is 6.39. The zero-order valence-corrected chi connectivity index (χ0v) is 12.5. The van der Waals surface area contributed by atoms with Gasteiger partial charge >= 0.3 is 11.8 Å². The highest BCUT2D eigenvalue weighted by Gasteiger charge is 2.25. The van der Waals surface area contributed by atoms with Crippen LogP contribution in [0.4, 0.5) is 5.69 Å². The fourth-order valence-electron chi connectivity index (χ4n) is 2.49. The topological polar surface area (TPSA) is 67.4 Å². The molecule has 5 heteroatoms. The second-order valence-electron chi connectivity index (χ2n) is 5.28. The van der Waals surface area contributed by atoms with Crippen LogP contribution in [0.5, 0.6) is 0 Å². The molecule has 0 spiro atoms. The number of carbonyl (C=O) groups excluding carboxylic acids is 2. The molecule has 21 heavy (non-hydrogen) atoms. The van der Waals surface area contributed by atoms with Gasteiger partial charge in [-0.1, -0.05) is 25.1 Å². The predicted octanol–water partition coefficient (Wildman–Crippen LogP) is 1.87. The summed E-state index contributed by atoms with van der Waals surface area (Å²) in [6.07, 6.45) is 2.72. The number of rotatable bonds is 4. The first-order valence-electron chi connectivity index (χ1n) is 7.43. The van der Waals surface area contributed by atoms with Gasteiger partial charge in [-0.25, -0.2) is 0 Å². The molecule has 0 aliphatic carbocycles. The molecule has 1 aliphatic heterocycles. The number of aryl methyl sites for hydroxylation is 1. The minimum atomic E-state index is -0.638. The lowest BCUT2D eigenvalue weighted by molar-refractivity contribution is -0.137. The minimum Gasteiger partial charge on any atom is -0.376 e. The summed E-state index contributed by atoms with van der Waals surface area (Å²) in [5.41, 5.74) is 1.69. The number of nitrogens with one attached hydrogen (secondary N) is 2. The Labute approximate surface area is 125 Å². The maximum absolute atomic E-state index is 12.0. The second kappa shape index (κ2) is 7.22. The van der Waals surface area contributed by atoms with Gasteiger partial charge in [0.1, 0.15) is 0 Å². The summed E-state index contributed by atoms with van der Waals surface area (Å²) in [6.45, 7) is 4.59. The van der Waals surface area contributed by atoms with E-state index in [-0.39, 0.29) is 12.1 Å². The molecule has 5 nitrogen and oxygen atoms in total. The third kappa shape index (κ3) is 4.04. The zero-order chi connectivity index (χ0) is 15.2. The van der Waals surface area contributed by atoms with Crippen LogP contribution in [0.25, 0.3) is 0 Å². The van der Waals surface area contributed by atoms with Crippen LogP contribution in [0.2, 0.25) is 0 Å². The van der Waals surface area contributed by atoms with Crippen LogP contribution < -0.4 is 10.6 Å². The van der Waals surface area contributed by atoms with E-state index < -0.39 is 11.8 Å². The van der Waals surface area contributed by atoms with Crippen molar-refractivity contribution in [1.29, 1.82) is 0 Å². The van der Waals surface area contributed by atoms with Crippen molar-refractivity contribution in [2.24, 2.45) is 0 Å². The number of carbonyl (C=O) groups is 2. The molecular formula is C16H22N2O3. The maximum atomic E-state index is 12.0. The van der Waals surface area contributed by atoms with E-state index in [1.165, 1.54) is 0 Å². The van der Waals surface area contributed by atoms with E-state index >= 15 is 0 Å². The van der Waals surface area contributed by atoms with Gasteiger partial charge < -0.3 is 15.4 Å². The Bertz CT molecular complexity index is 510. The molecule has 2 unspecified atom stereocenters. The van der Waals surface area contributed by atoms with Crippen molar-refractivity contribution in [3.63, 3.8) is 0 Å². The van der Waals surface area contributed by atoms with Gasteiger partial charge in [0.05, 0.1) is 12.1 Å². The van der Waals surface area contributed by atoms with Crippen molar-refractivity contribution >= 4 is 17.5 Å². The summed E-state index contributed by atoms with van der Waals surface area (Å²) in [6, 6.07) is 7.32. The van der Waals surface area contributed by atoms with Crippen LogP contribution in [-0.2, 0) is 20.7 Å². The number of amides is 2. The van der Waals surface area contributed by atoms with Gasteiger partial charge in [-0.2, -0.15) is 0 Å². The third-order valence-electron chi connectivity index (χ3n) is 3.73. The normalized spacial score (nSPS) is 19.0. The molecule has 2 rings (SSSR count). The Hall–Kier alpha value is -1.88. The molecule has 0 aromatic heterocycles. The fraction of sp³-hybridized carbons (Fsp3) is 0.500. The van der Waals surface area contributed by atoms with Gasteiger partial charge in [-0.3, -0.25) is 9.59 Å². The van der Waals surface area contributed by atoms with E-state index in [1.807, 2.05) is 32.0 Å². The van der Waals surface area contributed by atoms with Crippen molar-refractivity contribution in [1.82, 2.24) is 5.32 Å². The fourth-order valence-corrected chi connectivity index (χ4v) is 2.49. The summed E-state index contributed by atoms with van der Waals surface area (Å²) in [5, 5.41) is 5.37. The summed E-state index contributed by atoms with van der Waals surface area (Å²) in [5.74, 6) is -1.26. The molecule has 2 amide bonds. The Morgan fingerprint density at radius 1 is 1.33 bits per heavy atom. The monoisotopic (exact) mass is 290 g/mol. The van der Waals surface area contributed by atoms with E-state index in [1.54, 1.807) is 6.07 Å². The molecule has 1 heterocycles. The van der Waals surface area contributed by atoms with Crippen molar-refractivity contribution < 1.29 is 14.3 Å². The number of para-hydroxylation sites is 1. The minimum absolute atomic E-state index is 0.00433. The first-order valence-corrected chi connectivity index (χ1v) is 7.43. The molecule has 2 atom stereocenters. The molecule has 0 radical (unpaired) electrons. The van der Waals surface area contributed by atoms with Gasteiger partial charge in [0.2, 0.25) is 0 Å². The largest absolute Gasteiger partial charge is 0.376 e. The van der Waals surface area contributed by atoms with E-state index in [0.717, 1.165) is 31.4 Å². The molecule has 114 valence electrons. The van der Waals surface area contributed by atoms with Gasteiger partial charge in [-0.15, -0.1) is 0 Å². The van der Waals surface area contributed by atoms with Crippen LogP contribution in [0.3, 0.4) is 0 Å². The van der Waals surface area contributed by atoms with E-state index in [2.05, 4.69) is 10.6 Å². The molecule has 1 saturated heterocycles. The second-order valence-corrected chi connectivity index (χ2v) is 5.28. The van der Waals surface area contributed by atoms with Crippen LogP contribution in [-0.4, -0.2) is 30.6 Å². The lowest BCUT2D eigenvalue weighted by Gasteiger charge is -2.19. The van der Waals surface area contributed by atoms with E-state index in [0.29, 0.717) is 5.69 Å². The van der Waals surface area contributed by atoms with Crippen LogP contribution in [0.1, 0.15) is 32.3 Å². The average molecular weight is 290 g/mol. The van der Waals surface area contributed by atoms with E-state index in [4.69, 9.17) is 4.74 Å². The maximum Gasteiger partial charge on any atom is 0.313 e. The molecular weight excluding hydrogens is 268 g/mol. The van der Waals surface area contributed by atoms with Crippen LogP contribution in [0.15, 0.2) is 24.3 Å². The number of ether oxygens (including phenoxy) is 1. The lowest BCUT2D eigenvalue weighted by atomic mass is 10.1. The first-order chi connectivity index (χ1) is 10.1. The molecule has 2 N–H and O–H groups in total. The molecule has 1 aromatic carbocycles. The summed E-state index contributed by atoms with van der Waals surface area (Å²) in [4.78, 5) is 23.9. The standard InChI is InChI=1S/C16H22N2O3/c1-3-12-7-4-5-8-13(12)18-16(20)15(19)17-11(2)14-9-6-10-21-14/h4-5,7-8,11,14H,3,6,9-10H2,1-2H3,(H,17,19)(H,18,20). The van der Waals surface area contributed by atoms with Crippen molar-refractivity contribution in [3.05, 3.63) is 29.8 Å². The van der Waals surface area contributed by atoms with E-state index in [9.17, 15) is 9.59 Å². The predicted molar refractivity (Wildman–Crippen MR) is 81.0 cm³/mol. The van der Waals surface area contributed by atoms with Crippen LogP contribution in [0, 0.1) is 0 Å². The average Bonchev–Trinajstić information content (AvgIpc) is 3.02. The van der Waals surface area contributed by atoms with Gasteiger partial charge in [0.15, 0.2) is 0 Å². The highest BCUT2D eigenvalue weighted by Crippen LogP contribution is 2.16. The number of anilines is 1. The molecule has 1 fully saturated rings.